The van der Waals surface area contributed by atoms with E-state index in [9.17, 15) is 0 Å². The van der Waals surface area contributed by atoms with Crippen LogP contribution in [0.2, 0.25) is 0 Å². The van der Waals surface area contributed by atoms with Crippen molar-refractivity contribution in [3.8, 4) is 0 Å². The fourth-order valence-electron chi connectivity index (χ4n) is 4.48. The van der Waals surface area contributed by atoms with Crippen molar-refractivity contribution in [3.63, 3.8) is 0 Å². The fraction of sp³-hybridized carbons (Fsp3) is 1.00. The van der Waals surface area contributed by atoms with Gasteiger partial charge in [-0.25, -0.2) is 0 Å². The van der Waals surface area contributed by atoms with Crippen molar-refractivity contribution in [3.05, 3.63) is 0 Å². The minimum absolute atomic E-state index is 0.603. The zero-order valence-electron chi connectivity index (χ0n) is 10.3. The maximum absolute atomic E-state index is 5.83. The molecule has 2 nitrogen and oxygen atoms in total. The average molecular weight is 222 g/mol. The number of hydrogen-bond donors (Lipinski definition) is 0. The molecule has 7 unspecified atom stereocenters. The Labute approximate surface area is 97.7 Å². The standard InChI is InChI=1S/C14H22O2/c1-7-5-10(8(2)14-13(7)16-14)9-3-4-11-12(6-9)15-11/h7-14H,3-6H2,1-2H3/t7?,8?,9?,10?,11?,12?,13?,14-/m0/s1. The van der Waals surface area contributed by atoms with Gasteiger partial charge in [0.25, 0.3) is 0 Å². The van der Waals surface area contributed by atoms with Gasteiger partial charge in [0.15, 0.2) is 0 Å². The van der Waals surface area contributed by atoms with E-state index in [-0.39, 0.29) is 0 Å². The molecule has 0 N–H and O–H groups in total. The molecule has 90 valence electrons. The third-order valence-corrected chi connectivity index (χ3v) is 5.61. The Balaban J connectivity index is 1.48. The van der Waals surface area contributed by atoms with Crippen molar-refractivity contribution in [1.82, 2.24) is 0 Å². The van der Waals surface area contributed by atoms with Crippen LogP contribution in [-0.2, 0) is 9.47 Å². The second-order valence-corrected chi connectivity index (χ2v) is 6.59. The lowest BCUT2D eigenvalue weighted by atomic mass is 9.66. The molecule has 2 saturated heterocycles. The van der Waals surface area contributed by atoms with Gasteiger partial charge in [0.1, 0.15) is 0 Å². The smallest absolute Gasteiger partial charge is 0.0872 e. The van der Waals surface area contributed by atoms with E-state index >= 15 is 0 Å². The van der Waals surface area contributed by atoms with Gasteiger partial charge in [-0.2, -0.15) is 0 Å². The van der Waals surface area contributed by atoms with Crippen LogP contribution < -0.4 is 0 Å². The molecule has 0 amide bonds. The molecule has 2 heterocycles. The van der Waals surface area contributed by atoms with E-state index in [1.165, 1.54) is 25.7 Å². The second-order valence-electron chi connectivity index (χ2n) is 6.59. The Kier molecular flexibility index (Phi) is 2.00. The molecule has 0 spiro atoms. The SMILES string of the molecule is CC1CC(C2CCC3OC3C2)C(C)[C@@H]2OC12. The van der Waals surface area contributed by atoms with Crippen LogP contribution in [-0.4, -0.2) is 24.4 Å². The first-order valence-corrected chi connectivity index (χ1v) is 7.05. The summed E-state index contributed by atoms with van der Waals surface area (Å²) >= 11 is 0. The molecule has 0 aromatic heterocycles. The van der Waals surface area contributed by atoms with Crippen molar-refractivity contribution >= 4 is 0 Å². The summed E-state index contributed by atoms with van der Waals surface area (Å²) in [6.45, 7) is 4.80. The highest BCUT2D eigenvalue weighted by Crippen LogP contribution is 2.53. The highest BCUT2D eigenvalue weighted by atomic mass is 16.6. The summed E-state index contributed by atoms with van der Waals surface area (Å²) in [7, 11) is 0. The molecule has 4 rings (SSSR count). The zero-order valence-corrected chi connectivity index (χ0v) is 10.3. The molecule has 4 fully saturated rings. The molecule has 16 heavy (non-hydrogen) atoms. The molecule has 0 aromatic rings. The van der Waals surface area contributed by atoms with E-state index in [1.807, 2.05) is 0 Å². The maximum atomic E-state index is 5.83. The van der Waals surface area contributed by atoms with Crippen LogP contribution >= 0.6 is 0 Å². The molecule has 4 aliphatic rings. The monoisotopic (exact) mass is 222 g/mol. The highest BCUT2D eigenvalue weighted by Gasteiger charge is 2.56. The predicted molar refractivity (Wildman–Crippen MR) is 61.1 cm³/mol. The molecular formula is C14H22O2. The number of ether oxygens (including phenoxy) is 2. The third-order valence-electron chi connectivity index (χ3n) is 5.61. The van der Waals surface area contributed by atoms with Crippen LogP contribution in [0, 0.1) is 23.7 Å². The van der Waals surface area contributed by atoms with Gasteiger partial charge >= 0.3 is 0 Å². The third kappa shape index (κ3) is 1.39. The molecule has 2 aliphatic carbocycles. The largest absolute Gasteiger partial charge is 0.370 e. The molecule has 2 saturated carbocycles. The number of rotatable bonds is 1. The normalized spacial score (nSPS) is 63.4. The van der Waals surface area contributed by atoms with E-state index in [1.54, 1.807) is 0 Å². The predicted octanol–water partition coefficient (Wildman–Crippen LogP) is 2.61. The summed E-state index contributed by atoms with van der Waals surface area (Å²) in [5.41, 5.74) is 0. The molecule has 2 heteroatoms. The second kappa shape index (κ2) is 3.23. The van der Waals surface area contributed by atoms with Crippen molar-refractivity contribution in [1.29, 1.82) is 0 Å². The summed E-state index contributed by atoms with van der Waals surface area (Å²) in [4.78, 5) is 0. The lowest BCUT2D eigenvalue weighted by molar-refractivity contribution is 0.136. The lowest BCUT2D eigenvalue weighted by Crippen LogP contribution is -2.35. The summed E-state index contributed by atoms with van der Waals surface area (Å²) in [5, 5.41) is 0. The van der Waals surface area contributed by atoms with Gasteiger partial charge in [-0.15, -0.1) is 0 Å². The van der Waals surface area contributed by atoms with E-state index < -0.39 is 0 Å². The van der Waals surface area contributed by atoms with Gasteiger partial charge in [0, 0.05) is 0 Å². The van der Waals surface area contributed by atoms with Crippen molar-refractivity contribution in [2.75, 3.05) is 0 Å². The first-order chi connectivity index (χ1) is 7.74. The van der Waals surface area contributed by atoms with Gasteiger partial charge in [-0.05, 0) is 49.4 Å². The topological polar surface area (TPSA) is 25.1 Å². The summed E-state index contributed by atoms with van der Waals surface area (Å²) in [6.07, 6.45) is 7.96. The first kappa shape index (κ1) is 9.90. The number of fused-ring (bicyclic) bond motifs is 2. The van der Waals surface area contributed by atoms with Gasteiger partial charge in [-0.1, -0.05) is 13.8 Å². The Morgan fingerprint density at radius 1 is 0.875 bits per heavy atom. The van der Waals surface area contributed by atoms with Crippen molar-refractivity contribution in [2.45, 2.75) is 63.9 Å². The maximum Gasteiger partial charge on any atom is 0.0872 e. The molecule has 0 aromatic carbocycles. The Hall–Kier alpha value is -0.0800. The van der Waals surface area contributed by atoms with Crippen LogP contribution in [0.15, 0.2) is 0 Å². The van der Waals surface area contributed by atoms with E-state index in [2.05, 4.69) is 13.8 Å². The number of hydrogen-bond acceptors (Lipinski definition) is 2. The quantitative estimate of drug-likeness (QED) is 0.637. The zero-order chi connectivity index (χ0) is 10.9. The van der Waals surface area contributed by atoms with Crippen LogP contribution in [0.4, 0.5) is 0 Å². The average Bonchev–Trinajstić information content (AvgIpc) is 3.14. The highest BCUT2D eigenvalue weighted by molar-refractivity contribution is 5.03. The van der Waals surface area contributed by atoms with Crippen LogP contribution in [0.25, 0.3) is 0 Å². The van der Waals surface area contributed by atoms with Crippen molar-refractivity contribution in [2.24, 2.45) is 23.7 Å². The Morgan fingerprint density at radius 2 is 1.75 bits per heavy atom. The van der Waals surface area contributed by atoms with Gasteiger partial charge < -0.3 is 9.47 Å². The lowest BCUT2D eigenvalue weighted by Gasteiger charge is -2.37. The van der Waals surface area contributed by atoms with Crippen LogP contribution in [0.5, 0.6) is 0 Å². The van der Waals surface area contributed by atoms with Crippen molar-refractivity contribution < 1.29 is 9.47 Å². The van der Waals surface area contributed by atoms with Gasteiger partial charge in [0.2, 0.25) is 0 Å². The molecule has 8 atom stereocenters. The van der Waals surface area contributed by atoms with E-state index in [0.717, 1.165) is 23.7 Å². The first-order valence-electron chi connectivity index (χ1n) is 7.05. The molecule has 2 aliphatic heterocycles. The molecule has 0 bridgehead atoms. The van der Waals surface area contributed by atoms with E-state index in [4.69, 9.17) is 9.47 Å². The minimum atomic E-state index is 0.603. The van der Waals surface area contributed by atoms with Crippen LogP contribution in [0.3, 0.4) is 0 Å². The molecular weight excluding hydrogens is 200 g/mol. The summed E-state index contributed by atoms with van der Waals surface area (Å²) < 4.78 is 11.5. The van der Waals surface area contributed by atoms with Crippen LogP contribution in [0.1, 0.15) is 39.5 Å². The summed E-state index contributed by atoms with van der Waals surface area (Å²) in [5.74, 6) is 3.42. The van der Waals surface area contributed by atoms with E-state index in [0.29, 0.717) is 24.4 Å². The van der Waals surface area contributed by atoms with Gasteiger partial charge in [0.05, 0.1) is 24.4 Å². The minimum Gasteiger partial charge on any atom is -0.370 e. The fourth-order valence-corrected chi connectivity index (χ4v) is 4.48. The van der Waals surface area contributed by atoms with Gasteiger partial charge in [-0.3, -0.25) is 0 Å². The Morgan fingerprint density at radius 3 is 2.56 bits per heavy atom. The number of epoxide rings is 2. The molecule has 0 radical (unpaired) electrons. The summed E-state index contributed by atoms with van der Waals surface area (Å²) in [6, 6.07) is 0. The Bertz CT molecular complexity index is 303.